The van der Waals surface area contributed by atoms with E-state index in [1.54, 1.807) is 6.92 Å². The Morgan fingerprint density at radius 2 is 1.06 bits per heavy atom. The van der Waals surface area contributed by atoms with Crippen LogP contribution in [0.5, 0.6) is 0 Å². The van der Waals surface area contributed by atoms with Crippen LogP contribution in [0, 0.1) is 17.8 Å². The first-order valence-corrected chi connectivity index (χ1v) is 5.15. The Hall–Kier alpha value is -2.12. The van der Waals surface area contributed by atoms with Gasteiger partial charge in [0.05, 0.1) is 0 Å². The zero-order valence-corrected chi connectivity index (χ0v) is 9.57. The van der Waals surface area contributed by atoms with Crippen molar-refractivity contribution in [2.75, 3.05) is 0 Å². The molecule has 102 valence electrons. The lowest BCUT2D eigenvalue weighted by Gasteiger charge is -2.23. The van der Waals surface area contributed by atoms with Gasteiger partial charge in [-0.15, -0.1) is 0 Å². The third-order valence-corrected chi connectivity index (χ3v) is 2.54. The summed E-state index contributed by atoms with van der Waals surface area (Å²) in [4.78, 5) is 43.4. The van der Waals surface area contributed by atoms with E-state index in [0.29, 0.717) is 0 Å². The average Bonchev–Trinajstić information content (AvgIpc) is 2.14. The van der Waals surface area contributed by atoms with Crippen molar-refractivity contribution in [1.29, 1.82) is 0 Å². The molecule has 0 aliphatic heterocycles. The quantitative estimate of drug-likeness (QED) is 0.445. The summed E-state index contributed by atoms with van der Waals surface area (Å²) in [5, 5.41) is 35.1. The molecule has 0 fully saturated rings. The van der Waals surface area contributed by atoms with Gasteiger partial charge in [-0.05, 0) is 6.42 Å². The molecule has 8 nitrogen and oxygen atoms in total. The second-order valence-corrected chi connectivity index (χ2v) is 3.76. The predicted molar refractivity (Wildman–Crippen MR) is 55.9 cm³/mol. The molecule has 0 aliphatic rings. The molecule has 0 atom stereocenters. The number of hydrogen-bond donors (Lipinski definition) is 4. The van der Waals surface area contributed by atoms with E-state index < -0.39 is 41.6 Å². The number of carbonyl (C=O) groups is 4. The van der Waals surface area contributed by atoms with Gasteiger partial charge in [-0.25, -0.2) is 0 Å². The molecular weight excluding hydrogens is 248 g/mol. The zero-order valence-electron chi connectivity index (χ0n) is 9.57. The normalized spacial score (nSPS) is 10.9. The zero-order chi connectivity index (χ0) is 14.5. The Balaban J connectivity index is 5.49. The summed E-state index contributed by atoms with van der Waals surface area (Å²) in [6.45, 7) is 1.58. The molecule has 0 spiro atoms. The first kappa shape index (κ1) is 15.9. The van der Waals surface area contributed by atoms with Crippen LogP contribution in [0.25, 0.3) is 0 Å². The van der Waals surface area contributed by atoms with E-state index in [9.17, 15) is 19.2 Å². The highest BCUT2D eigenvalue weighted by Gasteiger charge is 2.45. The lowest BCUT2D eigenvalue weighted by Crippen LogP contribution is -2.41. The molecule has 0 saturated heterocycles. The van der Waals surface area contributed by atoms with Crippen LogP contribution in [0.4, 0.5) is 0 Å². The molecule has 0 amide bonds. The number of aliphatic carboxylic acids is 4. The van der Waals surface area contributed by atoms with Crippen molar-refractivity contribution in [1.82, 2.24) is 0 Å². The molecule has 0 heterocycles. The molecular formula is C10H14O8. The number of rotatable bonds is 8. The Kier molecular flexibility index (Phi) is 5.80. The van der Waals surface area contributed by atoms with E-state index in [4.69, 9.17) is 20.4 Å². The van der Waals surface area contributed by atoms with Crippen molar-refractivity contribution in [2.24, 2.45) is 17.8 Å². The standard InChI is InChI=1S/C10H14O8/c1-2-3-4(5(7(11)12)8(13)14)6(9(15)16)10(17)18/h4-6H,2-3H2,1H3,(H,11,12)(H,13,14)(H,15,16)(H,17,18). The van der Waals surface area contributed by atoms with Gasteiger partial charge in [0, 0.05) is 5.92 Å². The summed E-state index contributed by atoms with van der Waals surface area (Å²) in [6.07, 6.45) is 0.158. The predicted octanol–water partition coefficient (Wildman–Crippen LogP) is -0.0265. The van der Waals surface area contributed by atoms with E-state index in [1.165, 1.54) is 0 Å². The summed E-state index contributed by atoms with van der Waals surface area (Å²) in [5.74, 6) is -12.6. The summed E-state index contributed by atoms with van der Waals surface area (Å²) in [7, 11) is 0. The summed E-state index contributed by atoms with van der Waals surface area (Å²) in [6, 6.07) is 0. The fourth-order valence-electron chi connectivity index (χ4n) is 1.80. The van der Waals surface area contributed by atoms with Crippen molar-refractivity contribution in [3.63, 3.8) is 0 Å². The van der Waals surface area contributed by atoms with Gasteiger partial charge in [-0.3, -0.25) is 19.2 Å². The first-order valence-electron chi connectivity index (χ1n) is 5.15. The van der Waals surface area contributed by atoms with E-state index >= 15 is 0 Å². The van der Waals surface area contributed by atoms with Crippen LogP contribution in [0.15, 0.2) is 0 Å². The fraction of sp³-hybridized carbons (Fsp3) is 0.600. The minimum Gasteiger partial charge on any atom is -0.481 e. The second kappa shape index (κ2) is 6.58. The van der Waals surface area contributed by atoms with E-state index in [0.717, 1.165) is 0 Å². The van der Waals surface area contributed by atoms with Crippen LogP contribution in [0.1, 0.15) is 19.8 Å². The Morgan fingerprint density at radius 3 is 1.22 bits per heavy atom. The monoisotopic (exact) mass is 262 g/mol. The number of carboxylic acid groups (broad SMARTS) is 4. The molecule has 8 heteroatoms. The molecule has 0 aromatic heterocycles. The highest BCUT2D eigenvalue weighted by molar-refractivity contribution is 5.98. The van der Waals surface area contributed by atoms with Gasteiger partial charge >= 0.3 is 23.9 Å². The SMILES string of the molecule is CCCC(C(C(=O)O)C(=O)O)C(C(=O)O)C(=O)O. The second-order valence-electron chi connectivity index (χ2n) is 3.76. The van der Waals surface area contributed by atoms with Gasteiger partial charge in [0.2, 0.25) is 0 Å². The largest absolute Gasteiger partial charge is 0.481 e. The average molecular weight is 262 g/mol. The van der Waals surface area contributed by atoms with Gasteiger partial charge in [0.25, 0.3) is 0 Å². The topological polar surface area (TPSA) is 149 Å². The highest BCUT2D eigenvalue weighted by Crippen LogP contribution is 2.28. The van der Waals surface area contributed by atoms with Crippen molar-refractivity contribution < 1.29 is 39.6 Å². The van der Waals surface area contributed by atoms with Gasteiger partial charge in [-0.2, -0.15) is 0 Å². The molecule has 0 aliphatic carbocycles. The Labute approximate surface area is 102 Å². The van der Waals surface area contributed by atoms with Gasteiger partial charge < -0.3 is 20.4 Å². The maximum Gasteiger partial charge on any atom is 0.318 e. The molecule has 4 N–H and O–H groups in total. The molecule has 0 bridgehead atoms. The van der Waals surface area contributed by atoms with Crippen molar-refractivity contribution in [2.45, 2.75) is 19.8 Å². The van der Waals surface area contributed by atoms with Gasteiger partial charge in [0.1, 0.15) is 0 Å². The van der Waals surface area contributed by atoms with Crippen LogP contribution in [0.3, 0.4) is 0 Å². The lowest BCUT2D eigenvalue weighted by molar-refractivity contribution is -0.164. The fourth-order valence-corrected chi connectivity index (χ4v) is 1.80. The van der Waals surface area contributed by atoms with Crippen LogP contribution in [-0.4, -0.2) is 44.3 Å². The molecule has 0 aromatic rings. The summed E-state index contributed by atoms with van der Waals surface area (Å²) < 4.78 is 0. The van der Waals surface area contributed by atoms with Crippen LogP contribution < -0.4 is 0 Å². The molecule has 18 heavy (non-hydrogen) atoms. The highest BCUT2D eigenvalue weighted by atomic mass is 16.4. The van der Waals surface area contributed by atoms with Crippen LogP contribution >= 0.6 is 0 Å². The van der Waals surface area contributed by atoms with Gasteiger partial charge in [0.15, 0.2) is 11.8 Å². The lowest BCUT2D eigenvalue weighted by atomic mass is 9.78. The number of carboxylic acids is 4. The molecule has 0 radical (unpaired) electrons. The molecule has 0 aromatic carbocycles. The molecule has 0 saturated carbocycles. The van der Waals surface area contributed by atoms with E-state index in [2.05, 4.69) is 0 Å². The van der Waals surface area contributed by atoms with Crippen molar-refractivity contribution >= 4 is 23.9 Å². The van der Waals surface area contributed by atoms with Gasteiger partial charge in [-0.1, -0.05) is 13.3 Å². The summed E-state index contributed by atoms with van der Waals surface area (Å²) in [5.41, 5.74) is 0. The Bertz CT molecular complexity index is 301. The van der Waals surface area contributed by atoms with E-state index in [-0.39, 0.29) is 12.8 Å². The Morgan fingerprint density at radius 1 is 0.778 bits per heavy atom. The third kappa shape index (κ3) is 3.72. The smallest absolute Gasteiger partial charge is 0.318 e. The third-order valence-electron chi connectivity index (χ3n) is 2.54. The number of hydrogen-bond acceptors (Lipinski definition) is 4. The summed E-state index contributed by atoms with van der Waals surface area (Å²) >= 11 is 0. The van der Waals surface area contributed by atoms with Crippen molar-refractivity contribution in [3.05, 3.63) is 0 Å². The van der Waals surface area contributed by atoms with E-state index in [1.807, 2.05) is 0 Å². The minimum absolute atomic E-state index is 0.119. The molecule has 0 unspecified atom stereocenters. The maximum absolute atomic E-state index is 10.8. The van der Waals surface area contributed by atoms with Crippen LogP contribution in [-0.2, 0) is 19.2 Å². The first-order chi connectivity index (χ1) is 8.23. The maximum atomic E-state index is 10.8. The van der Waals surface area contributed by atoms with Crippen LogP contribution in [0.2, 0.25) is 0 Å². The van der Waals surface area contributed by atoms with Crippen molar-refractivity contribution in [3.8, 4) is 0 Å². The minimum atomic E-state index is -2.05. The molecule has 0 rings (SSSR count).